The molecule has 0 aliphatic heterocycles. The molecule has 0 aliphatic rings. The summed E-state index contributed by atoms with van der Waals surface area (Å²) in [5.41, 5.74) is 0.463. The van der Waals surface area contributed by atoms with Gasteiger partial charge in [0.15, 0.2) is 0 Å². The molecule has 16 heavy (non-hydrogen) atoms. The van der Waals surface area contributed by atoms with E-state index in [1.54, 1.807) is 0 Å². The van der Waals surface area contributed by atoms with Crippen molar-refractivity contribution in [2.45, 2.75) is 6.54 Å². The molecule has 2 N–H and O–H groups in total. The van der Waals surface area contributed by atoms with Crippen LogP contribution in [0.4, 0.5) is 5.69 Å². The van der Waals surface area contributed by atoms with E-state index in [1.807, 2.05) is 0 Å². The molecular formula is C9H12Cl2N2O3. The fourth-order valence-corrected chi connectivity index (χ4v) is 1.25. The van der Waals surface area contributed by atoms with Crippen LogP contribution < -0.4 is 5.32 Å². The number of nitrogens with one attached hydrogen (secondary N) is 1. The fraction of sp³-hybridized carbons (Fsp3) is 0.333. The number of hydrogen-bond acceptors (Lipinski definition) is 4. The summed E-state index contributed by atoms with van der Waals surface area (Å²) in [5.74, 6) is 0.498. The lowest BCUT2D eigenvalue weighted by Gasteiger charge is -2.04. The number of halogens is 2. The number of nitrogens with zero attached hydrogens (tertiary/aromatic N) is 1. The predicted octanol–water partition coefficient (Wildman–Crippen LogP) is 2.05. The van der Waals surface area contributed by atoms with Crippen LogP contribution in [0.5, 0.6) is 5.75 Å². The molecule has 0 aliphatic carbocycles. The van der Waals surface area contributed by atoms with Gasteiger partial charge in [-0.15, -0.1) is 24.0 Å². The van der Waals surface area contributed by atoms with Gasteiger partial charge in [0, 0.05) is 36.7 Å². The van der Waals surface area contributed by atoms with Crippen molar-refractivity contribution in [3.8, 4) is 5.75 Å². The Bertz CT molecular complexity index is 361. The smallest absolute Gasteiger partial charge is 0.270 e. The molecule has 1 aromatic carbocycles. The summed E-state index contributed by atoms with van der Waals surface area (Å²) in [6.07, 6.45) is 0. The van der Waals surface area contributed by atoms with E-state index in [0.29, 0.717) is 24.5 Å². The molecule has 0 saturated heterocycles. The zero-order valence-electron chi connectivity index (χ0n) is 8.35. The Morgan fingerprint density at radius 3 is 2.75 bits per heavy atom. The highest BCUT2D eigenvalue weighted by Crippen LogP contribution is 2.22. The van der Waals surface area contributed by atoms with Gasteiger partial charge in [-0.05, 0) is 6.07 Å². The molecule has 0 unspecified atom stereocenters. The molecule has 1 aromatic rings. The largest absolute Gasteiger partial charge is 0.508 e. The topological polar surface area (TPSA) is 75.4 Å². The second-order valence-electron chi connectivity index (χ2n) is 2.94. The minimum Gasteiger partial charge on any atom is -0.508 e. The highest BCUT2D eigenvalue weighted by molar-refractivity contribution is 6.18. The van der Waals surface area contributed by atoms with Crippen molar-refractivity contribution in [2.75, 3.05) is 12.4 Å². The van der Waals surface area contributed by atoms with E-state index in [9.17, 15) is 15.2 Å². The van der Waals surface area contributed by atoms with E-state index < -0.39 is 4.92 Å². The number of nitro groups is 1. The standard InChI is InChI=1S/C9H11ClN2O3.ClH/c10-3-4-11-6-7-5-8(12(14)15)1-2-9(7)13;/h1-2,5,11,13H,3-4,6H2;1H. The van der Waals surface area contributed by atoms with Crippen molar-refractivity contribution in [1.82, 2.24) is 5.32 Å². The van der Waals surface area contributed by atoms with Gasteiger partial charge in [-0.3, -0.25) is 10.1 Å². The summed E-state index contributed by atoms with van der Waals surface area (Å²) in [6, 6.07) is 3.92. The van der Waals surface area contributed by atoms with Crippen molar-refractivity contribution in [3.63, 3.8) is 0 Å². The Hall–Kier alpha value is -1.04. The number of alkyl halides is 1. The van der Waals surface area contributed by atoms with Gasteiger partial charge in [0.25, 0.3) is 5.69 Å². The number of hydrogen-bond donors (Lipinski definition) is 2. The SMILES string of the molecule is Cl.O=[N+]([O-])c1ccc(O)c(CNCCCl)c1. The molecule has 90 valence electrons. The molecule has 0 radical (unpaired) electrons. The summed E-state index contributed by atoms with van der Waals surface area (Å²) in [7, 11) is 0. The summed E-state index contributed by atoms with van der Waals surface area (Å²) in [5, 5.41) is 22.8. The number of nitro benzene ring substituents is 1. The molecule has 7 heteroatoms. The number of rotatable bonds is 5. The summed E-state index contributed by atoms with van der Waals surface area (Å²) < 4.78 is 0. The molecule has 0 amide bonds. The summed E-state index contributed by atoms with van der Waals surface area (Å²) in [6.45, 7) is 0.948. The Labute approximate surface area is 104 Å². The number of benzene rings is 1. The Balaban J connectivity index is 0.00000225. The van der Waals surface area contributed by atoms with Crippen molar-refractivity contribution in [1.29, 1.82) is 0 Å². The fourth-order valence-electron chi connectivity index (χ4n) is 1.12. The van der Waals surface area contributed by atoms with Crippen LogP contribution in [0, 0.1) is 10.1 Å². The second-order valence-corrected chi connectivity index (χ2v) is 3.31. The molecule has 0 aromatic heterocycles. The quantitative estimate of drug-likeness (QED) is 0.370. The van der Waals surface area contributed by atoms with Crippen LogP contribution in [0.25, 0.3) is 0 Å². The van der Waals surface area contributed by atoms with Gasteiger partial charge in [0.2, 0.25) is 0 Å². The lowest BCUT2D eigenvalue weighted by atomic mass is 10.2. The number of phenolic OH excluding ortho intramolecular Hbond substituents is 1. The van der Waals surface area contributed by atoms with Crippen molar-refractivity contribution in [3.05, 3.63) is 33.9 Å². The normalized spacial score (nSPS) is 9.56. The molecule has 0 fully saturated rings. The monoisotopic (exact) mass is 266 g/mol. The maximum atomic E-state index is 10.5. The molecule has 0 heterocycles. The molecule has 0 bridgehead atoms. The van der Waals surface area contributed by atoms with Gasteiger partial charge in [-0.2, -0.15) is 0 Å². The van der Waals surface area contributed by atoms with Crippen LogP contribution in [0.1, 0.15) is 5.56 Å². The number of non-ortho nitro benzene ring substituents is 1. The lowest BCUT2D eigenvalue weighted by molar-refractivity contribution is -0.384. The number of aromatic hydroxyl groups is 1. The third-order valence-corrected chi connectivity index (χ3v) is 2.05. The van der Waals surface area contributed by atoms with E-state index >= 15 is 0 Å². The van der Waals surface area contributed by atoms with Gasteiger partial charge in [0.05, 0.1) is 4.92 Å². The van der Waals surface area contributed by atoms with E-state index in [-0.39, 0.29) is 23.8 Å². The Morgan fingerprint density at radius 1 is 1.50 bits per heavy atom. The molecule has 1 rings (SSSR count). The zero-order chi connectivity index (χ0) is 11.3. The first-order chi connectivity index (χ1) is 7.15. The highest BCUT2D eigenvalue weighted by atomic mass is 35.5. The third kappa shape index (κ3) is 4.22. The maximum Gasteiger partial charge on any atom is 0.270 e. The van der Waals surface area contributed by atoms with Gasteiger partial charge < -0.3 is 10.4 Å². The van der Waals surface area contributed by atoms with E-state index in [4.69, 9.17) is 11.6 Å². The van der Waals surface area contributed by atoms with Gasteiger partial charge in [-0.25, -0.2) is 0 Å². The Morgan fingerprint density at radius 2 is 2.19 bits per heavy atom. The van der Waals surface area contributed by atoms with Crippen LogP contribution in [0.3, 0.4) is 0 Å². The zero-order valence-corrected chi connectivity index (χ0v) is 9.92. The molecule has 0 saturated carbocycles. The van der Waals surface area contributed by atoms with E-state index in [2.05, 4.69) is 5.32 Å². The third-order valence-electron chi connectivity index (χ3n) is 1.86. The lowest BCUT2D eigenvalue weighted by Crippen LogP contribution is -2.15. The van der Waals surface area contributed by atoms with Gasteiger partial charge in [-0.1, -0.05) is 0 Å². The van der Waals surface area contributed by atoms with Gasteiger partial charge in [0.1, 0.15) is 5.75 Å². The predicted molar refractivity (Wildman–Crippen MR) is 64.4 cm³/mol. The second kappa shape index (κ2) is 7.27. The first-order valence-electron chi connectivity index (χ1n) is 4.38. The molecule has 5 nitrogen and oxygen atoms in total. The molecular weight excluding hydrogens is 255 g/mol. The average molecular weight is 267 g/mol. The minimum atomic E-state index is -0.496. The van der Waals surface area contributed by atoms with Crippen LogP contribution in [0.2, 0.25) is 0 Å². The summed E-state index contributed by atoms with van der Waals surface area (Å²) in [4.78, 5) is 9.98. The number of phenols is 1. The van der Waals surface area contributed by atoms with Gasteiger partial charge >= 0.3 is 0 Å². The van der Waals surface area contributed by atoms with Crippen molar-refractivity contribution < 1.29 is 10.0 Å². The first-order valence-corrected chi connectivity index (χ1v) is 4.91. The molecule has 0 spiro atoms. The minimum absolute atomic E-state index is 0. The van der Waals surface area contributed by atoms with Crippen LogP contribution in [-0.4, -0.2) is 22.5 Å². The first kappa shape index (κ1) is 15.0. The maximum absolute atomic E-state index is 10.5. The van der Waals surface area contributed by atoms with E-state index in [1.165, 1.54) is 18.2 Å². The average Bonchev–Trinajstić information content (AvgIpc) is 2.20. The van der Waals surface area contributed by atoms with Crippen molar-refractivity contribution >= 4 is 29.7 Å². The van der Waals surface area contributed by atoms with Crippen LogP contribution >= 0.6 is 24.0 Å². The van der Waals surface area contributed by atoms with Crippen LogP contribution in [-0.2, 0) is 6.54 Å². The van der Waals surface area contributed by atoms with Crippen molar-refractivity contribution in [2.24, 2.45) is 0 Å². The molecule has 0 atom stereocenters. The summed E-state index contributed by atoms with van der Waals surface area (Å²) >= 11 is 5.46. The Kier molecular flexibility index (Phi) is 6.80. The van der Waals surface area contributed by atoms with Crippen LogP contribution in [0.15, 0.2) is 18.2 Å². The van der Waals surface area contributed by atoms with E-state index in [0.717, 1.165) is 0 Å². The highest BCUT2D eigenvalue weighted by Gasteiger charge is 2.09.